The molecule has 1 heterocycles. The Morgan fingerprint density at radius 2 is 2.10 bits per heavy atom. The lowest BCUT2D eigenvalue weighted by atomic mass is 9.82. The number of nitrogens with one attached hydrogen (secondary N) is 2. The summed E-state index contributed by atoms with van der Waals surface area (Å²) in [5.74, 6) is 0.684. The number of likely N-dealkylation sites (tertiary alicyclic amines) is 1. The molecule has 0 saturated carbocycles. The van der Waals surface area contributed by atoms with Crippen LogP contribution >= 0.6 is 0 Å². The highest BCUT2D eigenvalue weighted by atomic mass is 16.2. The molecular formula is C16H27N3O2. The number of amides is 3. The number of nitrogens with zero attached hydrogens (tertiary/aromatic N) is 1. The van der Waals surface area contributed by atoms with Crippen molar-refractivity contribution in [3.05, 3.63) is 11.6 Å². The summed E-state index contributed by atoms with van der Waals surface area (Å²) in [5.41, 5.74) is 1.12. The van der Waals surface area contributed by atoms with E-state index in [1.165, 1.54) is 18.4 Å². The van der Waals surface area contributed by atoms with Crippen LogP contribution in [0.25, 0.3) is 0 Å². The minimum atomic E-state index is -0.293. The zero-order valence-corrected chi connectivity index (χ0v) is 13.4. The van der Waals surface area contributed by atoms with Crippen LogP contribution in [0.1, 0.15) is 46.5 Å². The van der Waals surface area contributed by atoms with E-state index in [1.54, 1.807) is 0 Å². The van der Waals surface area contributed by atoms with Gasteiger partial charge in [-0.15, -0.1) is 0 Å². The van der Waals surface area contributed by atoms with Crippen molar-refractivity contribution in [1.82, 2.24) is 15.5 Å². The maximum absolute atomic E-state index is 12.2. The fraction of sp³-hybridized carbons (Fsp3) is 0.750. The van der Waals surface area contributed by atoms with E-state index in [1.807, 2.05) is 25.7 Å². The number of rotatable bonds is 2. The van der Waals surface area contributed by atoms with Gasteiger partial charge in [0.1, 0.15) is 0 Å². The summed E-state index contributed by atoms with van der Waals surface area (Å²) < 4.78 is 0. The van der Waals surface area contributed by atoms with Crippen molar-refractivity contribution in [3.63, 3.8) is 0 Å². The lowest BCUT2D eigenvalue weighted by Crippen LogP contribution is -2.50. The third-order valence-electron chi connectivity index (χ3n) is 4.05. The summed E-state index contributed by atoms with van der Waals surface area (Å²) >= 11 is 0. The van der Waals surface area contributed by atoms with Crippen molar-refractivity contribution in [3.8, 4) is 0 Å². The van der Waals surface area contributed by atoms with Gasteiger partial charge in [0.15, 0.2) is 0 Å². The van der Waals surface area contributed by atoms with Gasteiger partial charge in [-0.25, -0.2) is 4.79 Å². The number of allylic oxidation sites excluding steroid dienone is 1. The molecule has 0 radical (unpaired) electrons. The van der Waals surface area contributed by atoms with Crippen molar-refractivity contribution in [2.45, 2.75) is 52.0 Å². The molecule has 1 atom stereocenters. The van der Waals surface area contributed by atoms with E-state index in [-0.39, 0.29) is 24.0 Å². The third kappa shape index (κ3) is 4.76. The van der Waals surface area contributed by atoms with Crippen LogP contribution in [0.15, 0.2) is 11.6 Å². The molecule has 1 unspecified atom stereocenters. The summed E-state index contributed by atoms with van der Waals surface area (Å²) in [7, 11) is 0. The molecule has 2 N–H and O–H groups in total. The second-order valence-corrected chi connectivity index (χ2v) is 7.07. The Kier molecular flexibility index (Phi) is 4.91. The van der Waals surface area contributed by atoms with Crippen molar-refractivity contribution in [1.29, 1.82) is 0 Å². The van der Waals surface area contributed by atoms with Crippen LogP contribution in [0.3, 0.4) is 0 Å². The van der Waals surface area contributed by atoms with Crippen LogP contribution in [0.5, 0.6) is 0 Å². The first kappa shape index (κ1) is 15.9. The summed E-state index contributed by atoms with van der Waals surface area (Å²) in [6.45, 7) is 7.35. The molecule has 3 amide bonds. The summed E-state index contributed by atoms with van der Waals surface area (Å²) in [5, 5.41) is 5.44. The molecule has 5 nitrogen and oxygen atoms in total. The molecular weight excluding hydrogens is 266 g/mol. The molecule has 2 rings (SSSR count). The molecule has 0 bridgehead atoms. The van der Waals surface area contributed by atoms with E-state index in [4.69, 9.17) is 0 Å². The van der Waals surface area contributed by atoms with Gasteiger partial charge < -0.3 is 15.5 Å². The Labute approximate surface area is 127 Å². The molecule has 1 saturated heterocycles. The van der Waals surface area contributed by atoms with Gasteiger partial charge in [0.2, 0.25) is 5.91 Å². The highest BCUT2D eigenvalue weighted by Crippen LogP contribution is 2.31. The Balaban J connectivity index is 1.79. The van der Waals surface area contributed by atoms with E-state index in [0.717, 1.165) is 25.9 Å². The predicted molar refractivity (Wildman–Crippen MR) is 82.9 cm³/mol. The van der Waals surface area contributed by atoms with Gasteiger partial charge >= 0.3 is 6.03 Å². The topological polar surface area (TPSA) is 61.4 Å². The largest absolute Gasteiger partial charge is 0.337 e. The first-order valence-electron chi connectivity index (χ1n) is 7.88. The summed E-state index contributed by atoms with van der Waals surface area (Å²) in [6.07, 6.45) is 7.04. The summed E-state index contributed by atoms with van der Waals surface area (Å²) in [6, 6.07) is -0.289. The zero-order valence-electron chi connectivity index (χ0n) is 13.4. The van der Waals surface area contributed by atoms with E-state index < -0.39 is 0 Å². The number of hydrogen-bond donors (Lipinski definition) is 2. The van der Waals surface area contributed by atoms with Crippen LogP contribution in [-0.2, 0) is 4.79 Å². The van der Waals surface area contributed by atoms with Gasteiger partial charge in [-0.05, 0) is 52.4 Å². The van der Waals surface area contributed by atoms with Gasteiger partial charge in [-0.3, -0.25) is 4.79 Å². The molecule has 0 aromatic heterocycles. The maximum atomic E-state index is 12.2. The van der Waals surface area contributed by atoms with Gasteiger partial charge in [-0.1, -0.05) is 11.6 Å². The van der Waals surface area contributed by atoms with Crippen LogP contribution in [0, 0.1) is 5.92 Å². The molecule has 2 aliphatic rings. The number of carbonyl (C=O) groups is 2. The molecule has 0 aromatic rings. The fourth-order valence-electron chi connectivity index (χ4n) is 3.00. The molecule has 1 aliphatic heterocycles. The lowest BCUT2D eigenvalue weighted by Gasteiger charge is -2.36. The average molecular weight is 293 g/mol. The SMILES string of the molecule is CC(C)(C)NC(=O)NCC(=O)N1CCC2CCCC=C2C1. The maximum Gasteiger partial charge on any atom is 0.315 e. The number of urea groups is 1. The van der Waals surface area contributed by atoms with Gasteiger partial charge in [-0.2, -0.15) is 0 Å². The van der Waals surface area contributed by atoms with Gasteiger partial charge in [0.25, 0.3) is 0 Å². The fourth-order valence-corrected chi connectivity index (χ4v) is 3.00. The zero-order chi connectivity index (χ0) is 15.5. The molecule has 1 fully saturated rings. The molecule has 0 aromatic carbocycles. The molecule has 118 valence electrons. The van der Waals surface area contributed by atoms with Gasteiger partial charge in [0, 0.05) is 18.6 Å². The second-order valence-electron chi connectivity index (χ2n) is 7.07. The smallest absolute Gasteiger partial charge is 0.315 e. The first-order chi connectivity index (χ1) is 9.85. The molecule has 21 heavy (non-hydrogen) atoms. The molecule has 5 heteroatoms. The number of piperidine rings is 1. The van der Waals surface area contributed by atoms with Crippen LogP contribution in [0.4, 0.5) is 4.79 Å². The monoisotopic (exact) mass is 293 g/mol. The Hall–Kier alpha value is -1.52. The number of hydrogen-bond acceptors (Lipinski definition) is 2. The highest BCUT2D eigenvalue weighted by molar-refractivity contribution is 5.84. The standard InChI is InChI=1S/C16H27N3O2/c1-16(2,3)18-15(21)17-10-14(20)19-9-8-12-6-4-5-7-13(12)11-19/h7,12H,4-6,8-11H2,1-3H3,(H2,17,18,21). The summed E-state index contributed by atoms with van der Waals surface area (Å²) in [4.78, 5) is 25.7. The van der Waals surface area contributed by atoms with Crippen molar-refractivity contribution in [2.24, 2.45) is 5.92 Å². The van der Waals surface area contributed by atoms with E-state index in [0.29, 0.717) is 5.92 Å². The minimum absolute atomic E-state index is 0.00369. The Morgan fingerprint density at radius 1 is 1.33 bits per heavy atom. The van der Waals surface area contributed by atoms with E-state index in [2.05, 4.69) is 16.7 Å². The minimum Gasteiger partial charge on any atom is -0.337 e. The van der Waals surface area contributed by atoms with Crippen LogP contribution in [-0.4, -0.2) is 42.0 Å². The lowest BCUT2D eigenvalue weighted by molar-refractivity contribution is -0.130. The Morgan fingerprint density at radius 3 is 2.81 bits per heavy atom. The van der Waals surface area contributed by atoms with Crippen LogP contribution in [0.2, 0.25) is 0 Å². The number of carbonyl (C=O) groups excluding carboxylic acids is 2. The van der Waals surface area contributed by atoms with Crippen LogP contribution < -0.4 is 10.6 Å². The number of fused-ring (bicyclic) bond motifs is 1. The predicted octanol–water partition coefficient (Wildman–Crippen LogP) is 2.04. The highest BCUT2D eigenvalue weighted by Gasteiger charge is 2.27. The van der Waals surface area contributed by atoms with Crippen molar-refractivity contribution < 1.29 is 9.59 Å². The van der Waals surface area contributed by atoms with Crippen molar-refractivity contribution in [2.75, 3.05) is 19.6 Å². The van der Waals surface area contributed by atoms with Crippen molar-refractivity contribution >= 4 is 11.9 Å². The third-order valence-corrected chi connectivity index (χ3v) is 4.05. The molecule has 1 aliphatic carbocycles. The second kappa shape index (κ2) is 6.50. The van der Waals surface area contributed by atoms with Gasteiger partial charge in [0.05, 0.1) is 6.54 Å². The molecule has 0 spiro atoms. The quantitative estimate of drug-likeness (QED) is 0.765. The average Bonchev–Trinajstić information content (AvgIpc) is 2.42. The first-order valence-corrected chi connectivity index (χ1v) is 7.88. The van der Waals surface area contributed by atoms with E-state index >= 15 is 0 Å². The Bertz CT molecular complexity index is 437. The van der Waals surface area contributed by atoms with E-state index in [9.17, 15) is 9.59 Å². The normalized spacial score (nSPS) is 22.1.